The summed E-state index contributed by atoms with van der Waals surface area (Å²) in [5.74, 6) is 3.96. The van der Waals surface area contributed by atoms with Crippen molar-refractivity contribution >= 4 is 0 Å². The Morgan fingerprint density at radius 3 is 2.58 bits per heavy atom. The first kappa shape index (κ1) is 21.7. The van der Waals surface area contributed by atoms with E-state index in [0.29, 0.717) is 10.8 Å². The third-order valence-electron chi connectivity index (χ3n) is 10.6. The first-order chi connectivity index (χ1) is 14.8. The fourth-order valence-electron chi connectivity index (χ4n) is 8.86. The number of allylic oxidation sites excluding steroid dienone is 1. The van der Waals surface area contributed by atoms with Crippen molar-refractivity contribution in [1.29, 1.82) is 0 Å². The Morgan fingerprint density at radius 1 is 1.03 bits per heavy atom. The Balaban J connectivity index is 1.30. The van der Waals surface area contributed by atoms with Gasteiger partial charge in [-0.1, -0.05) is 44.6 Å². The van der Waals surface area contributed by atoms with Crippen molar-refractivity contribution in [3.05, 3.63) is 47.3 Å². The van der Waals surface area contributed by atoms with E-state index in [0.717, 1.165) is 48.9 Å². The predicted octanol–water partition coefficient (Wildman–Crippen LogP) is 7.33. The summed E-state index contributed by atoms with van der Waals surface area (Å²) in [6, 6.07) is 7.12. The second kappa shape index (κ2) is 8.01. The molecule has 1 nitrogen and oxygen atoms in total. The zero-order chi connectivity index (χ0) is 21.8. The average molecular weight is 425 g/mol. The molecule has 0 heterocycles. The third kappa shape index (κ3) is 3.62. The zero-order valence-corrected chi connectivity index (χ0v) is 19.7. The lowest BCUT2D eigenvalue weighted by atomic mass is 9.47. The zero-order valence-electron chi connectivity index (χ0n) is 19.7. The van der Waals surface area contributed by atoms with Gasteiger partial charge in [0.2, 0.25) is 0 Å². The van der Waals surface area contributed by atoms with Crippen molar-refractivity contribution in [3.63, 3.8) is 0 Å². The minimum atomic E-state index is -0.134. The predicted molar refractivity (Wildman–Crippen MR) is 125 cm³/mol. The lowest BCUT2D eigenvalue weighted by molar-refractivity contribution is -0.0571. The molecule has 0 radical (unpaired) electrons. The van der Waals surface area contributed by atoms with Crippen molar-refractivity contribution < 1.29 is 9.50 Å². The minimum Gasteiger partial charge on any atom is -0.393 e. The van der Waals surface area contributed by atoms with Gasteiger partial charge >= 0.3 is 0 Å². The molecule has 0 aromatic heterocycles. The van der Waals surface area contributed by atoms with E-state index in [1.807, 2.05) is 12.1 Å². The maximum absolute atomic E-state index is 13.2. The van der Waals surface area contributed by atoms with E-state index in [2.05, 4.69) is 26.8 Å². The molecule has 170 valence electrons. The number of hydrogen-bond donors (Lipinski definition) is 1. The fourth-order valence-corrected chi connectivity index (χ4v) is 8.86. The molecule has 3 saturated carbocycles. The van der Waals surface area contributed by atoms with E-state index < -0.39 is 0 Å². The molecule has 0 spiro atoms. The standard InChI is InChI=1S/C29H41FO/c1-19(4-5-20-6-9-22(30)10-7-20)25-12-13-26-24-11-8-21-18-23(31)14-16-28(21,2)27(24)15-17-29(25,26)3/h6-10,19,23-27,31H,4-5,11-18H2,1-3H3. The highest BCUT2D eigenvalue weighted by Gasteiger charge is 2.59. The highest BCUT2D eigenvalue weighted by Crippen LogP contribution is 2.67. The maximum atomic E-state index is 13.2. The lowest BCUT2D eigenvalue weighted by Crippen LogP contribution is -2.50. The second-order valence-electron chi connectivity index (χ2n) is 12.0. The Bertz CT molecular complexity index is 828. The summed E-state index contributed by atoms with van der Waals surface area (Å²) in [7, 11) is 0. The molecule has 5 rings (SSSR count). The summed E-state index contributed by atoms with van der Waals surface area (Å²) < 4.78 is 13.2. The summed E-state index contributed by atoms with van der Waals surface area (Å²) in [6.45, 7) is 7.64. The number of halogens is 1. The van der Waals surface area contributed by atoms with Crippen LogP contribution in [0.25, 0.3) is 0 Å². The highest BCUT2D eigenvalue weighted by molar-refractivity contribution is 5.25. The molecule has 4 aliphatic rings. The van der Waals surface area contributed by atoms with Crippen LogP contribution in [0.3, 0.4) is 0 Å². The van der Waals surface area contributed by atoms with Gasteiger partial charge in [0.15, 0.2) is 0 Å². The largest absolute Gasteiger partial charge is 0.393 e. The smallest absolute Gasteiger partial charge is 0.123 e. The molecule has 8 unspecified atom stereocenters. The van der Waals surface area contributed by atoms with Gasteiger partial charge in [0.1, 0.15) is 5.82 Å². The number of rotatable bonds is 4. The average Bonchev–Trinajstić information content (AvgIpc) is 3.11. The first-order valence-electron chi connectivity index (χ1n) is 12.9. The molecular weight excluding hydrogens is 383 g/mol. The third-order valence-corrected chi connectivity index (χ3v) is 10.6. The minimum absolute atomic E-state index is 0.109. The Kier molecular flexibility index (Phi) is 5.60. The summed E-state index contributed by atoms with van der Waals surface area (Å²) in [4.78, 5) is 0. The van der Waals surface area contributed by atoms with E-state index >= 15 is 0 Å². The first-order valence-corrected chi connectivity index (χ1v) is 12.9. The van der Waals surface area contributed by atoms with Gasteiger partial charge in [-0.25, -0.2) is 4.39 Å². The van der Waals surface area contributed by atoms with Crippen LogP contribution >= 0.6 is 0 Å². The highest BCUT2D eigenvalue weighted by atomic mass is 19.1. The molecule has 0 saturated heterocycles. The molecule has 8 atom stereocenters. The van der Waals surface area contributed by atoms with Gasteiger partial charge in [-0.3, -0.25) is 0 Å². The van der Waals surface area contributed by atoms with E-state index in [-0.39, 0.29) is 11.9 Å². The van der Waals surface area contributed by atoms with Crippen LogP contribution in [0.2, 0.25) is 0 Å². The Morgan fingerprint density at radius 2 is 1.81 bits per heavy atom. The van der Waals surface area contributed by atoms with Crippen molar-refractivity contribution in [2.24, 2.45) is 40.4 Å². The molecule has 2 heteroatoms. The SMILES string of the molecule is CC(CCc1ccc(F)cc1)C1CCC2C3CC=C4CC(O)CCC4(C)C3CCC12C. The normalized spacial score (nSPS) is 42.9. The molecule has 3 fully saturated rings. The molecule has 1 N–H and O–H groups in total. The van der Waals surface area contributed by atoms with E-state index in [1.54, 1.807) is 17.7 Å². The van der Waals surface area contributed by atoms with Gasteiger partial charge in [0, 0.05) is 0 Å². The molecule has 1 aromatic carbocycles. The second-order valence-corrected chi connectivity index (χ2v) is 12.0. The maximum Gasteiger partial charge on any atom is 0.123 e. The Hall–Kier alpha value is -1.15. The van der Waals surface area contributed by atoms with Gasteiger partial charge in [-0.2, -0.15) is 0 Å². The molecule has 31 heavy (non-hydrogen) atoms. The molecule has 1 aromatic rings. The van der Waals surface area contributed by atoms with Gasteiger partial charge in [0.05, 0.1) is 6.10 Å². The van der Waals surface area contributed by atoms with Crippen LogP contribution in [0.15, 0.2) is 35.9 Å². The Labute approximate surface area is 188 Å². The number of aliphatic hydroxyl groups excluding tert-OH is 1. The summed E-state index contributed by atoms with van der Waals surface area (Å²) in [5.41, 5.74) is 3.68. The van der Waals surface area contributed by atoms with Gasteiger partial charge in [0.25, 0.3) is 0 Å². The van der Waals surface area contributed by atoms with Crippen molar-refractivity contribution in [2.75, 3.05) is 0 Å². The van der Waals surface area contributed by atoms with Gasteiger partial charge in [-0.05, 0) is 122 Å². The molecule has 4 aliphatic carbocycles. The summed E-state index contributed by atoms with van der Waals surface area (Å²) in [6.07, 6.45) is 14.6. The van der Waals surface area contributed by atoms with Gasteiger partial charge < -0.3 is 5.11 Å². The van der Waals surface area contributed by atoms with Crippen LogP contribution in [0, 0.1) is 46.2 Å². The van der Waals surface area contributed by atoms with Gasteiger partial charge in [-0.15, -0.1) is 0 Å². The number of hydrogen-bond acceptors (Lipinski definition) is 1. The van der Waals surface area contributed by atoms with Crippen LogP contribution < -0.4 is 0 Å². The monoisotopic (exact) mass is 424 g/mol. The van der Waals surface area contributed by atoms with Crippen molar-refractivity contribution in [2.45, 2.75) is 91.1 Å². The number of aryl methyl sites for hydroxylation is 1. The van der Waals surface area contributed by atoms with Crippen molar-refractivity contribution in [3.8, 4) is 0 Å². The molecule has 0 bridgehead atoms. The van der Waals surface area contributed by atoms with E-state index in [9.17, 15) is 9.50 Å². The molecule has 0 aliphatic heterocycles. The molecule has 0 amide bonds. The summed E-state index contributed by atoms with van der Waals surface area (Å²) in [5, 5.41) is 10.2. The lowest BCUT2D eigenvalue weighted by Gasteiger charge is -2.58. The topological polar surface area (TPSA) is 20.2 Å². The van der Waals surface area contributed by atoms with E-state index in [4.69, 9.17) is 0 Å². The van der Waals surface area contributed by atoms with Crippen LogP contribution in [0.5, 0.6) is 0 Å². The van der Waals surface area contributed by atoms with Crippen LogP contribution in [-0.4, -0.2) is 11.2 Å². The quantitative estimate of drug-likeness (QED) is 0.502. The molecular formula is C29H41FO. The van der Waals surface area contributed by atoms with Crippen LogP contribution in [-0.2, 0) is 6.42 Å². The van der Waals surface area contributed by atoms with Crippen LogP contribution in [0.4, 0.5) is 4.39 Å². The van der Waals surface area contributed by atoms with Crippen molar-refractivity contribution in [1.82, 2.24) is 0 Å². The number of benzene rings is 1. The van der Waals surface area contributed by atoms with E-state index in [1.165, 1.54) is 50.5 Å². The number of fused-ring (bicyclic) bond motifs is 5. The summed E-state index contributed by atoms with van der Waals surface area (Å²) >= 11 is 0. The number of aliphatic hydroxyl groups is 1. The fraction of sp³-hybridized carbons (Fsp3) is 0.724. The van der Waals surface area contributed by atoms with Crippen LogP contribution in [0.1, 0.15) is 84.1 Å².